The predicted molar refractivity (Wildman–Crippen MR) is 67.8 cm³/mol. The first-order valence-corrected chi connectivity index (χ1v) is 6.49. The van der Waals surface area contributed by atoms with E-state index in [1.807, 2.05) is 24.4 Å². The first-order chi connectivity index (χ1) is 7.65. The van der Waals surface area contributed by atoms with Gasteiger partial charge in [0.25, 0.3) is 0 Å². The average molecular weight is 253 g/mol. The van der Waals surface area contributed by atoms with Crippen LogP contribution < -0.4 is 5.73 Å². The van der Waals surface area contributed by atoms with Crippen molar-refractivity contribution in [2.24, 2.45) is 5.73 Å². The number of rotatable bonds is 3. The molecule has 0 aliphatic carbocycles. The summed E-state index contributed by atoms with van der Waals surface area (Å²) in [5.74, 6) is 2.30. The van der Waals surface area contributed by atoms with Gasteiger partial charge in [-0.3, -0.25) is 5.41 Å². The zero-order valence-corrected chi connectivity index (χ0v) is 10.3. The Bertz CT molecular complexity index is 504. The lowest BCUT2D eigenvalue weighted by Crippen LogP contribution is -2.03. The van der Waals surface area contributed by atoms with E-state index in [1.54, 1.807) is 0 Å². The van der Waals surface area contributed by atoms with E-state index in [9.17, 15) is 0 Å². The molecule has 0 saturated carbocycles. The molecule has 0 aliphatic heterocycles. The molecule has 6 heteroatoms. The van der Waals surface area contributed by atoms with Crippen molar-refractivity contribution in [1.29, 1.82) is 5.41 Å². The smallest absolute Gasteiger partial charge is 0.162 e. The zero-order valence-electron chi connectivity index (χ0n) is 8.69. The van der Waals surface area contributed by atoms with Crippen LogP contribution in [0.4, 0.5) is 0 Å². The lowest BCUT2D eigenvalue weighted by Gasteiger charge is -1.93. The molecule has 0 spiro atoms. The van der Waals surface area contributed by atoms with Crippen LogP contribution in [0.3, 0.4) is 0 Å². The molecule has 0 saturated heterocycles. The van der Waals surface area contributed by atoms with Gasteiger partial charge in [-0.05, 0) is 19.1 Å². The molecule has 2 rings (SSSR count). The molecule has 0 amide bonds. The summed E-state index contributed by atoms with van der Waals surface area (Å²) in [6, 6.07) is 3.83. The average Bonchev–Trinajstić information content (AvgIpc) is 2.83. The fraction of sp³-hybridized carbons (Fsp3) is 0.200. The number of furan rings is 1. The van der Waals surface area contributed by atoms with Crippen molar-refractivity contribution in [3.8, 4) is 10.8 Å². The Morgan fingerprint density at radius 1 is 1.62 bits per heavy atom. The molecule has 2 aromatic heterocycles. The van der Waals surface area contributed by atoms with Crippen molar-refractivity contribution >= 4 is 28.3 Å². The minimum absolute atomic E-state index is 0.114. The van der Waals surface area contributed by atoms with Gasteiger partial charge in [-0.1, -0.05) is 11.8 Å². The Morgan fingerprint density at radius 3 is 3.06 bits per heavy atom. The lowest BCUT2D eigenvalue weighted by molar-refractivity contribution is 0.548. The largest absolute Gasteiger partial charge is 0.459 e. The van der Waals surface area contributed by atoms with Crippen LogP contribution in [-0.4, -0.2) is 10.2 Å². The maximum atomic E-state index is 7.12. The van der Waals surface area contributed by atoms with Gasteiger partial charge in [0.1, 0.15) is 5.76 Å². The minimum Gasteiger partial charge on any atom is -0.459 e. The van der Waals surface area contributed by atoms with Crippen molar-refractivity contribution in [2.75, 3.05) is 0 Å². The number of thioether (sulfide) groups is 1. The summed E-state index contributed by atoms with van der Waals surface area (Å²) in [5.41, 5.74) is 6.19. The quantitative estimate of drug-likeness (QED) is 0.651. The number of nitrogens with one attached hydrogen (secondary N) is 1. The Hall–Kier alpha value is -1.27. The van der Waals surface area contributed by atoms with Gasteiger partial charge in [-0.25, -0.2) is 4.98 Å². The van der Waals surface area contributed by atoms with E-state index in [-0.39, 0.29) is 5.17 Å². The summed E-state index contributed by atoms with van der Waals surface area (Å²) in [4.78, 5) is 4.42. The van der Waals surface area contributed by atoms with Crippen LogP contribution in [0.25, 0.3) is 10.8 Å². The molecule has 0 radical (unpaired) electrons. The molecule has 0 bridgehead atoms. The molecule has 2 heterocycles. The lowest BCUT2D eigenvalue weighted by atomic mass is 10.4. The van der Waals surface area contributed by atoms with E-state index in [2.05, 4.69) is 4.98 Å². The van der Waals surface area contributed by atoms with Gasteiger partial charge in [-0.2, -0.15) is 0 Å². The molecule has 0 unspecified atom stereocenters. The van der Waals surface area contributed by atoms with Gasteiger partial charge >= 0.3 is 0 Å². The highest BCUT2D eigenvalue weighted by atomic mass is 32.2. The topological polar surface area (TPSA) is 75.9 Å². The Labute approximate surface area is 101 Å². The summed E-state index contributed by atoms with van der Waals surface area (Å²) >= 11 is 2.81. The molecular formula is C10H11N3OS2. The third-order valence-electron chi connectivity index (χ3n) is 1.88. The molecule has 0 aromatic carbocycles. The molecule has 16 heavy (non-hydrogen) atoms. The number of aryl methyl sites for hydroxylation is 1. The van der Waals surface area contributed by atoms with Gasteiger partial charge in [-0.15, -0.1) is 11.3 Å². The van der Waals surface area contributed by atoms with Gasteiger partial charge in [0.05, 0.1) is 5.69 Å². The summed E-state index contributed by atoms with van der Waals surface area (Å²) in [7, 11) is 0. The number of thiazole rings is 1. The van der Waals surface area contributed by atoms with E-state index >= 15 is 0 Å². The van der Waals surface area contributed by atoms with E-state index in [0.717, 1.165) is 22.2 Å². The number of hydrogen-bond acceptors (Lipinski definition) is 5. The highest BCUT2D eigenvalue weighted by Gasteiger charge is 2.08. The standard InChI is InChI=1S/C10H11N3OS2/c1-6-2-3-8(14-6)9-13-7(4-15-9)5-16-10(11)12/h2-4H,5H2,1H3,(H3,11,12). The number of nitrogens with zero attached hydrogens (tertiary/aromatic N) is 1. The molecule has 3 N–H and O–H groups in total. The number of nitrogens with two attached hydrogens (primary N) is 1. The molecule has 84 valence electrons. The molecule has 0 aliphatic rings. The van der Waals surface area contributed by atoms with Crippen molar-refractivity contribution in [3.05, 3.63) is 29.0 Å². The highest BCUT2D eigenvalue weighted by Crippen LogP contribution is 2.26. The Balaban J connectivity index is 2.10. The van der Waals surface area contributed by atoms with Crippen LogP contribution in [0.1, 0.15) is 11.5 Å². The second-order valence-corrected chi connectivity index (χ2v) is 5.08. The van der Waals surface area contributed by atoms with E-state index < -0.39 is 0 Å². The van der Waals surface area contributed by atoms with Gasteiger partial charge in [0, 0.05) is 11.1 Å². The SMILES string of the molecule is Cc1ccc(-c2nc(CSC(=N)N)cs2)o1. The van der Waals surface area contributed by atoms with E-state index in [1.165, 1.54) is 23.1 Å². The van der Waals surface area contributed by atoms with Gasteiger partial charge in [0.2, 0.25) is 0 Å². The van der Waals surface area contributed by atoms with Crippen LogP contribution >= 0.6 is 23.1 Å². The summed E-state index contributed by atoms with van der Waals surface area (Å²) in [5, 5.41) is 10.1. The van der Waals surface area contributed by atoms with Gasteiger partial charge < -0.3 is 10.2 Å². The molecular weight excluding hydrogens is 242 g/mol. The maximum Gasteiger partial charge on any atom is 0.162 e. The third-order valence-corrected chi connectivity index (χ3v) is 3.54. The summed E-state index contributed by atoms with van der Waals surface area (Å²) in [6.45, 7) is 1.91. The molecule has 4 nitrogen and oxygen atoms in total. The molecule has 0 fully saturated rings. The van der Waals surface area contributed by atoms with Crippen molar-refractivity contribution in [2.45, 2.75) is 12.7 Å². The predicted octanol–water partition coefficient (Wildman–Crippen LogP) is 2.84. The van der Waals surface area contributed by atoms with Crippen LogP contribution in [-0.2, 0) is 5.75 Å². The summed E-state index contributed by atoms with van der Waals surface area (Å²) in [6.07, 6.45) is 0. The van der Waals surface area contributed by atoms with Gasteiger partial charge in [0.15, 0.2) is 15.9 Å². The normalized spacial score (nSPS) is 10.6. The Kier molecular flexibility index (Phi) is 3.31. The van der Waals surface area contributed by atoms with Crippen LogP contribution in [0.5, 0.6) is 0 Å². The molecule has 2 aromatic rings. The second-order valence-electron chi connectivity index (χ2n) is 3.21. The van der Waals surface area contributed by atoms with Crippen LogP contribution in [0, 0.1) is 12.3 Å². The first-order valence-electron chi connectivity index (χ1n) is 4.63. The molecule has 0 atom stereocenters. The summed E-state index contributed by atoms with van der Waals surface area (Å²) < 4.78 is 5.48. The minimum atomic E-state index is 0.114. The third kappa shape index (κ3) is 2.65. The number of hydrogen-bond donors (Lipinski definition) is 2. The number of amidine groups is 1. The fourth-order valence-corrected chi connectivity index (χ4v) is 2.52. The first kappa shape index (κ1) is 11.2. The Morgan fingerprint density at radius 2 is 2.44 bits per heavy atom. The van der Waals surface area contributed by atoms with E-state index in [4.69, 9.17) is 15.6 Å². The fourth-order valence-electron chi connectivity index (χ4n) is 1.19. The number of aromatic nitrogens is 1. The highest BCUT2D eigenvalue weighted by molar-refractivity contribution is 8.13. The second kappa shape index (κ2) is 4.71. The van der Waals surface area contributed by atoms with Crippen molar-refractivity contribution in [3.63, 3.8) is 0 Å². The van der Waals surface area contributed by atoms with E-state index in [0.29, 0.717) is 5.75 Å². The zero-order chi connectivity index (χ0) is 11.5. The van der Waals surface area contributed by atoms with Crippen molar-refractivity contribution in [1.82, 2.24) is 4.98 Å². The van der Waals surface area contributed by atoms with Crippen LogP contribution in [0.15, 0.2) is 21.9 Å². The van der Waals surface area contributed by atoms with Crippen molar-refractivity contribution < 1.29 is 4.42 Å². The van der Waals surface area contributed by atoms with Crippen LogP contribution in [0.2, 0.25) is 0 Å². The maximum absolute atomic E-state index is 7.12. The monoisotopic (exact) mass is 253 g/mol.